The van der Waals surface area contributed by atoms with E-state index in [-0.39, 0.29) is 6.54 Å². The van der Waals surface area contributed by atoms with Crippen LogP contribution >= 0.6 is 11.6 Å². The van der Waals surface area contributed by atoms with Crippen molar-refractivity contribution in [1.82, 2.24) is 5.06 Å². The summed E-state index contributed by atoms with van der Waals surface area (Å²) in [6, 6.07) is 1.77. The Morgan fingerprint density at radius 2 is 1.55 bits per heavy atom. The molecular weight excluding hydrogens is 336 g/mol. The van der Waals surface area contributed by atoms with Gasteiger partial charge in [-0.3, -0.25) is 4.84 Å². The molecule has 0 N–H and O–H groups in total. The second kappa shape index (κ2) is 6.25. The lowest BCUT2D eigenvalue weighted by Gasteiger charge is -2.35. The van der Waals surface area contributed by atoms with Crippen molar-refractivity contribution in [2.24, 2.45) is 0 Å². The largest absolute Gasteiger partial charge is 0.423 e. The number of rotatable bonds is 4. The molecule has 0 radical (unpaired) electrons. The Bertz CT molecular complexity index is 530. The second-order valence-electron chi connectivity index (χ2n) is 4.79. The number of hydrogen-bond acceptors (Lipinski definition) is 2. The summed E-state index contributed by atoms with van der Waals surface area (Å²) in [7, 11) is 1.25. The molecule has 0 saturated heterocycles. The summed E-state index contributed by atoms with van der Waals surface area (Å²) in [6.45, 7) is 2.30. The van der Waals surface area contributed by atoms with Gasteiger partial charge in [0.05, 0.1) is 5.56 Å². The first-order valence-corrected chi connectivity index (χ1v) is 6.54. The molecule has 0 saturated carbocycles. The van der Waals surface area contributed by atoms with Crippen molar-refractivity contribution in [2.75, 3.05) is 13.6 Å². The predicted octanol–water partition coefficient (Wildman–Crippen LogP) is 5.02. The number of alkyl halides is 6. The zero-order valence-corrected chi connectivity index (χ0v) is 12.7. The Hall–Kier alpha value is -0.990. The molecule has 1 unspecified atom stereocenters. The van der Waals surface area contributed by atoms with Gasteiger partial charge in [0.15, 0.2) is 0 Å². The maximum Gasteiger partial charge on any atom is 0.423 e. The summed E-state index contributed by atoms with van der Waals surface area (Å²) < 4.78 is 78.4. The molecule has 0 amide bonds. The molecule has 0 aliphatic carbocycles. The Kier molecular flexibility index (Phi) is 5.42. The minimum Gasteiger partial charge on any atom is -0.279 e. The van der Waals surface area contributed by atoms with Gasteiger partial charge in [0, 0.05) is 18.6 Å². The van der Waals surface area contributed by atoms with Gasteiger partial charge >= 0.3 is 12.4 Å². The average Bonchev–Trinajstić information content (AvgIpc) is 2.35. The Morgan fingerprint density at radius 1 is 1.05 bits per heavy atom. The molecule has 1 atom stereocenters. The minimum atomic E-state index is -4.94. The van der Waals surface area contributed by atoms with Gasteiger partial charge in [0.2, 0.25) is 5.60 Å². The van der Waals surface area contributed by atoms with E-state index in [0.29, 0.717) is 19.1 Å². The molecule has 126 valence electrons. The predicted molar refractivity (Wildman–Crippen MR) is 69.3 cm³/mol. The maximum atomic E-state index is 13.4. The van der Waals surface area contributed by atoms with E-state index in [1.807, 2.05) is 0 Å². The SMILES string of the molecule is CCN(C)OC(C)(c1cc(Cl)cc(C(F)(F)F)c1)C(F)(F)F. The van der Waals surface area contributed by atoms with Crippen LogP contribution in [0.3, 0.4) is 0 Å². The third kappa shape index (κ3) is 4.05. The van der Waals surface area contributed by atoms with Crippen LogP contribution in [0.2, 0.25) is 5.02 Å². The number of halogens is 7. The molecule has 0 aliphatic rings. The molecule has 0 bridgehead atoms. The van der Waals surface area contributed by atoms with E-state index in [2.05, 4.69) is 0 Å². The summed E-state index contributed by atoms with van der Waals surface area (Å²) in [5.41, 5.74) is -4.95. The Balaban J connectivity index is 3.47. The Labute approximate surface area is 128 Å². The Morgan fingerprint density at radius 3 is 1.95 bits per heavy atom. The fourth-order valence-electron chi connectivity index (χ4n) is 1.67. The zero-order valence-electron chi connectivity index (χ0n) is 11.9. The van der Waals surface area contributed by atoms with Crippen LogP contribution in [-0.2, 0) is 16.6 Å². The summed E-state index contributed by atoms with van der Waals surface area (Å²) in [4.78, 5) is 4.84. The first-order chi connectivity index (χ1) is 9.81. The van der Waals surface area contributed by atoms with Crippen molar-refractivity contribution in [3.8, 4) is 0 Å². The normalized spacial score (nSPS) is 16.0. The van der Waals surface area contributed by atoms with Crippen LogP contribution in [0.1, 0.15) is 25.0 Å². The highest BCUT2D eigenvalue weighted by Crippen LogP contribution is 2.44. The molecule has 9 heteroatoms. The summed E-state index contributed by atoms with van der Waals surface area (Å²) in [6.07, 6.45) is -9.76. The van der Waals surface area contributed by atoms with Crippen LogP contribution in [0, 0.1) is 0 Å². The van der Waals surface area contributed by atoms with Crippen LogP contribution in [0.5, 0.6) is 0 Å². The van der Waals surface area contributed by atoms with Crippen LogP contribution < -0.4 is 0 Å². The third-order valence-corrected chi connectivity index (χ3v) is 3.32. The summed E-state index contributed by atoms with van der Waals surface area (Å²) in [5, 5.41) is 0.435. The lowest BCUT2D eigenvalue weighted by Crippen LogP contribution is -2.46. The molecule has 0 aromatic heterocycles. The van der Waals surface area contributed by atoms with Crippen LogP contribution in [0.4, 0.5) is 26.3 Å². The van der Waals surface area contributed by atoms with Crippen molar-refractivity contribution in [3.63, 3.8) is 0 Å². The lowest BCUT2D eigenvalue weighted by molar-refractivity contribution is -0.347. The first kappa shape index (κ1) is 19.1. The monoisotopic (exact) mass is 349 g/mol. The van der Waals surface area contributed by atoms with E-state index in [1.54, 1.807) is 0 Å². The fraction of sp³-hybridized carbons (Fsp3) is 0.538. The van der Waals surface area contributed by atoms with Gasteiger partial charge in [0.1, 0.15) is 0 Å². The van der Waals surface area contributed by atoms with Gasteiger partial charge in [-0.25, -0.2) is 0 Å². The molecule has 22 heavy (non-hydrogen) atoms. The molecule has 0 aliphatic heterocycles. The van der Waals surface area contributed by atoms with E-state index < -0.39 is 34.1 Å². The number of benzene rings is 1. The summed E-state index contributed by atoms with van der Waals surface area (Å²) in [5.74, 6) is 0. The van der Waals surface area contributed by atoms with Gasteiger partial charge in [-0.05, 0) is 30.7 Å². The van der Waals surface area contributed by atoms with Crippen molar-refractivity contribution < 1.29 is 31.2 Å². The molecule has 2 nitrogen and oxygen atoms in total. The smallest absolute Gasteiger partial charge is 0.279 e. The number of nitrogens with zero attached hydrogens (tertiary/aromatic N) is 1. The number of hydrogen-bond donors (Lipinski definition) is 0. The molecule has 0 spiro atoms. The second-order valence-corrected chi connectivity index (χ2v) is 5.23. The van der Waals surface area contributed by atoms with Crippen LogP contribution in [0.25, 0.3) is 0 Å². The maximum absolute atomic E-state index is 13.4. The molecule has 1 aromatic rings. The van der Waals surface area contributed by atoms with E-state index in [9.17, 15) is 26.3 Å². The highest BCUT2D eigenvalue weighted by atomic mass is 35.5. The van der Waals surface area contributed by atoms with Crippen LogP contribution in [-0.4, -0.2) is 24.8 Å². The highest BCUT2D eigenvalue weighted by molar-refractivity contribution is 6.30. The van der Waals surface area contributed by atoms with Crippen molar-refractivity contribution in [3.05, 3.63) is 34.3 Å². The molecule has 1 aromatic carbocycles. The summed E-state index contributed by atoms with van der Waals surface area (Å²) >= 11 is 5.55. The van der Waals surface area contributed by atoms with Crippen LogP contribution in [0.15, 0.2) is 18.2 Å². The standard InChI is InChI=1S/C13H14ClF6NO/c1-4-21(3)22-11(2,13(18,19)20)8-5-9(12(15,16)17)7-10(14)6-8/h5-7H,4H2,1-3H3. The molecule has 1 rings (SSSR count). The molecule has 0 fully saturated rings. The highest BCUT2D eigenvalue weighted by Gasteiger charge is 2.55. The van der Waals surface area contributed by atoms with E-state index in [1.165, 1.54) is 14.0 Å². The van der Waals surface area contributed by atoms with Crippen molar-refractivity contribution >= 4 is 11.6 Å². The molecule has 0 heterocycles. The van der Waals surface area contributed by atoms with Gasteiger partial charge in [-0.15, -0.1) is 0 Å². The minimum absolute atomic E-state index is 0.109. The average molecular weight is 350 g/mol. The zero-order chi connectivity index (χ0) is 17.3. The van der Waals surface area contributed by atoms with Gasteiger partial charge in [-0.1, -0.05) is 18.5 Å². The number of hydroxylamine groups is 2. The van der Waals surface area contributed by atoms with E-state index >= 15 is 0 Å². The lowest BCUT2D eigenvalue weighted by atomic mass is 9.93. The topological polar surface area (TPSA) is 12.5 Å². The van der Waals surface area contributed by atoms with E-state index in [0.717, 1.165) is 11.1 Å². The third-order valence-electron chi connectivity index (χ3n) is 3.10. The van der Waals surface area contributed by atoms with Gasteiger partial charge in [0.25, 0.3) is 0 Å². The quantitative estimate of drug-likeness (QED) is 0.559. The molecular formula is C13H14ClF6NO. The van der Waals surface area contributed by atoms with E-state index in [4.69, 9.17) is 16.4 Å². The fourth-order valence-corrected chi connectivity index (χ4v) is 1.91. The van der Waals surface area contributed by atoms with Gasteiger partial charge < -0.3 is 0 Å². The van der Waals surface area contributed by atoms with Crippen molar-refractivity contribution in [1.29, 1.82) is 0 Å². The van der Waals surface area contributed by atoms with Crippen molar-refractivity contribution in [2.45, 2.75) is 31.8 Å². The first-order valence-electron chi connectivity index (χ1n) is 6.16. The van der Waals surface area contributed by atoms with Gasteiger partial charge in [-0.2, -0.15) is 31.4 Å².